The molecule has 1 amide bonds. The molecule has 3 aromatic rings. The number of carbonyl (C=O) groups is 1. The molecule has 3 aromatic heterocycles. The van der Waals surface area contributed by atoms with Crippen molar-refractivity contribution in [2.24, 2.45) is 0 Å². The van der Waals surface area contributed by atoms with Gasteiger partial charge in [0.2, 0.25) is 0 Å². The first kappa shape index (κ1) is 16.0. The number of aromatic nitrogens is 5. The van der Waals surface area contributed by atoms with Crippen molar-refractivity contribution >= 4 is 5.91 Å². The van der Waals surface area contributed by atoms with Gasteiger partial charge in [-0.1, -0.05) is 0 Å². The summed E-state index contributed by atoms with van der Waals surface area (Å²) in [6.07, 6.45) is 5.22. The molecule has 0 aliphatic rings. The molecule has 0 aliphatic heterocycles. The van der Waals surface area contributed by atoms with Crippen LogP contribution in [0.15, 0.2) is 41.3 Å². The molecular weight excluding hydrogens is 308 g/mol. The molecule has 0 aromatic carbocycles. The Morgan fingerprint density at radius 3 is 2.92 bits per heavy atom. The van der Waals surface area contributed by atoms with Crippen LogP contribution < -0.4 is 0 Å². The molecule has 8 heteroatoms. The lowest BCUT2D eigenvalue weighted by atomic mass is 10.3. The smallest absolute Gasteiger partial charge is 0.289 e. The van der Waals surface area contributed by atoms with Gasteiger partial charge >= 0.3 is 0 Å². The maximum absolute atomic E-state index is 12.5. The normalized spacial score (nSPS) is 11.2. The largest absolute Gasteiger partial charge is 0.454 e. The SMILES string of the molecule is CC(C)n1cnnc1CN(C)C(=O)c1ccc(Cn2cccn2)o1. The van der Waals surface area contributed by atoms with E-state index in [9.17, 15) is 4.79 Å². The van der Waals surface area contributed by atoms with Gasteiger partial charge in [-0.15, -0.1) is 10.2 Å². The Bertz CT molecular complexity index is 802. The standard InChI is InChI=1S/C16H20N6O2/c1-12(2)22-11-17-19-15(22)10-20(3)16(23)14-6-5-13(24-14)9-21-8-4-7-18-21/h4-8,11-12H,9-10H2,1-3H3. The molecule has 0 aliphatic carbocycles. The molecule has 3 heterocycles. The van der Waals surface area contributed by atoms with Crippen molar-refractivity contribution in [3.05, 3.63) is 54.3 Å². The number of hydrogen-bond acceptors (Lipinski definition) is 5. The second-order valence-electron chi connectivity index (χ2n) is 5.88. The van der Waals surface area contributed by atoms with Crippen molar-refractivity contribution in [3.63, 3.8) is 0 Å². The third kappa shape index (κ3) is 3.37. The van der Waals surface area contributed by atoms with Crippen LogP contribution in [0.2, 0.25) is 0 Å². The second-order valence-corrected chi connectivity index (χ2v) is 5.88. The molecule has 0 spiro atoms. The Balaban J connectivity index is 1.67. The lowest BCUT2D eigenvalue weighted by molar-refractivity contribution is 0.0745. The second kappa shape index (κ2) is 6.69. The van der Waals surface area contributed by atoms with Crippen molar-refractivity contribution in [1.29, 1.82) is 0 Å². The van der Waals surface area contributed by atoms with Crippen LogP contribution in [0, 0.1) is 0 Å². The number of furan rings is 1. The number of amides is 1. The molecule has 0 bridgehead atoms. The molecule has 0 saturated heterocycles. The van der Waals surface area contributed by atoms with Crippen molar-refractivity contribution in [3.8, 4) is 0 Å². The summed E-state index contributed by atoms with van der Waals surface area (Å²) in [6, 6.07) is 5.56. The van der Waals surface area contributed by atoms with Crippen LogP contribution in [0.25, 0.3) is 0 Å². The summed E-state index contributed by atoms with van der Waals surface area (Å²) in [6.45, 7) is 4.95. The van der Waals surface area contributed by atoms with E-state index < -0.39 is 0 Å². The zero-order valence-corrected chi connectivity index (χ0v) is 14.0. The predicted octanol–water partition coefficient (Wildman–Crippen LogP) is 1.97. The summed E-state index contributed by atoms with van der Waals surface area (Å²) in [5.74, 6) is 1.53. The van der Waals surface area contributed by atoms with Crippen LogP contribution in [0.1, 0.15) is 42.0 Å². The number of hydrogen-bond donors (Lipinski definition) is 0. The molecular formula is C16H20N6O2. The van der Waals surface area contributed by atoms with Gasteiger partial charge in [-0.05, 0) is 32.0 Å². The van der Waals surface area contributed by atoms with E-state index in [0.29, 0.717) is 24.6 Å². The minimum atomic E-state index is -0.194. The molecule has 0 atom stereocenters. The fourth-order valence-corrected chi connectivity index (χ4v) is 2.41. The Hall–Kier alpha value is -2.90. The molecule has 0 N–H and O–H groups in total. The number of nitrogens with zero attached hydrogens (tertiary/aromatic N) is 6. The van der Waals surface area contributed by atoms with Gasteiger partial charge in [0.25, 0.3) is 5.91 Å². The van der Waals surface area contributed by atoms with E-state index in [4.69, 9.17) is 4.42 Å². The fourth-order valence-electron chi connectivity index (χ4n) is 2.41. The van der Waals surface area contributed by atoms with Crippen LogP contribution in [-0.4, -0.2) is 42.4 Å². The first-order valence-electron chi connectivity index (χ1n) is 7.74. The van der Waals surface area contributed by atoms with Gasteiger partial charge in [0.15, 0.2) is 11.6 Å². The van der Waals surface area contributed by atoms with Gasteiger partial charge in [-0.25, -0.2) is 0 Å². The molecule has 3 rings (SSSR count). The van der Waals surface area contributed by atoms with Crippen LogP contribution in [-0.2, 0) is 13.1 Å². The first-order chi connectivity index (χ1) is 11.5. The summed E-state index contributed by atoms with van der Waals surface area (Å²) in [7, 11) is 1.72. The maximum Gasteiger partial charge on any atom is 0.289 e. The molecule has 126 valence electrons. The summed E-state index contributed by atoms with van der Waals surface area (Å²) < 4.78 is 9.32. The van der Waals surface area contributed by atoms with Crippen molar-refractivity contribution < 1.29 is 9.21 Å². The lowest BCUT2D eigenvalue weighted by Gasteiger charge is -2.17. The van der Waals surface area contributed by atoms with Crippen LogP contribution in [0.5, 0.6) is 0 Å². The van der Waals surface area contributed by atoms with Gasteiger partial charge in [-0.2, -0.15) is 5.10 Å². The van der Waals surface area contributed by atoms with Crippen molar-refractivity contribution in [2.45, 2.75) is 33.0 Å². The highest BCUT2D eigenvalue weighted by atomic mass is 16.4. The fraction of sp³-hybridized carbons (Fsp3) is 0.375. The zero-order valence-electron chi connectivity index (χ0n) is 14.0. The highest BCUT2D eigenvalue weighted by Crippen LogP contribution is 2.14. The Morgan fingerprint density at radius 2 is 2.21 bits per heavy atom. The molecule has 0 fully saturated rings. The summed E-state index contributed by atoms with van der Waals surface area (Å²) >= 11 is 0. The third-order valence-corrected chi connectivity index (χ3v) is 3.68. The first-order valence-corrected chi connectivity index (χ1v) is 7.74. The highest BCUT2D eigenvalue weighted by Gasteiger charge is 2.19. The van der Waals surface area contributed by atoms with Gasteiger partial charge in [0, 0.05) is 25.5 Å². The van der Waals surface area contributed by atoms with E-state index in [1.165, 1.54) is 0 Å². The molecule has 0 radical (unpaired) electrons. The molecule has 0 unspecified atom stereocenters. The van der Waals surface area contributed by atoms with E-state index in [1.807, 2.05) is 30.7 Å². The van der Waals surface area contributed by atoms with Gasteiger partial charge < -0.3 is 13.9 Å². The predicted molar refractivity (Wildman–Crippen MR) is 86.2 cm³/mol. The van der Waals surface area contributed by atoms with Crippen LogP contribution >= 0.6 is 0 Å². The van der Waals surface area contributed by atoms with Crippen molar-refractivity contribution in [2.75, 3.05) is 7.05 Å². The molecule has 24 heavy (non-hydrogen) atoms. The summed E-state index contributed by atoms with van der Waals surface area (Å²) in [5, 5.41) is 12.1. The lowest BCUT2D eigenvalue weighted by Crippen LogP contribution is -2.27. The van der Waals surface area contributed by atoms with Crippen LogP contribution in [0.4, 0.5) is 0 Å². The topological polar surface area (TPSA) is 82.0 Å². The summed E-state index contributed by atoms with van der Waals surface area (Å²) in [5.41, 5.74) is 0. The van der Waals surface area contributed by atoms with Crippen molar-refractivity contribution in [1.82, 2.24) is 29.4 Å². The third-order valence-electron chi connectivity index (χ3n) is 3.68. The van der Waals surface area contributed by atoms with E-state index in [2.05, 4.69) is 15.3 Å². The van der Waals surface area contributed by atoms with E-state index in [0.717, 1.165) is 5.82 Å². The Morgan fingerprint density at radius 1 is 1.38 bits per heavy atom. The zero-order chi connectivity index (χ0) is 17.1. The monoisotopic (exact) mass is 328 g/mol. The minimum Gasteiger partial charge on any atom is -0.454 e. The Labute approximate surface area is 139 Å². The highest BCUT2D eigenvalue weighted by molar-refractivity contribution is 5.91. The Kier molecular flexibility index (Phi) is 4.45. The average molecular weight is 328 g/mol. The number of rotatable bonds is 6. The van der Waals surface area contributed by atoms with E-state index in [1.54, 1.807) is 41.3 Å². The van der Waals surface area contributed by atoms with Gasteiger partial charge in [0.05, 0.1) is 13.1 Å². The minimum absolute atomic E-state index is 0.194. The number of carbonyl (C=O) groups excluding carboxylic acids is 1. The van der Waals surface area contributed by atoms with Gasteiger partial charge in [-0.3, -0.25) is 9.48 Å². The van der Waals surface area contributed by atoms with Gasteiger partial charge in [0.1, 0.15) is 12.1 Å². The maximum atomic E-state index is 12.5. The van der Waals surface area contributed by atoms with E-state index in [-0.39, 0.29) is 11.9 Å². The van der Waals surface area contributed by atoms with Crippen LogP contribution in [0.3, 0.4) is 0 Å². The molecule has 8 nitrogen and oxygen atoms in total. The summed E-state index contributed by atoms with van der Waals surface area (Å²) in [4.78, 5) is 14.1. The van der Waals surface area contributed by atoms with E-state index >= 15 is 0 Å². The quantitative estimate of drug-likeness (QED) is 0.691. The molecule has 0 saturated carbocycles. The average Bonchev–Trinajstić information content (AvgIpc) is 3.28.